The molecule has 2 rings (SSSR count). The van der Waals surface area contributed by atoms with Gasteiger partial charge in [-0.05, 0) is 24.1 Å². The van der Waals surface area contributed by atoms with Gasteiger partial charge in [-0.2, -0.15) is 13.2 Å². The van der Waals surface area contributed by atoms with Gasteiger partial charge in [-0.3, -0.25) is 0 Å². The van der Waals surface area contributed by atoms with Gasteiger partial charge in [0.15, 0.2) is 0 Å². The van der Waals surface area contributed by atoms with Crippen LogP contribution in [0.1, 0.15) is 23.6 Å². The number of hydrogen-bond acceptors (Lipinski definition) is 2. The van der Waals surface area contributed by atoms with Gasteiger partial charge >= 0.3 is 12.1 Å². The van der Waals surface area contributed by atoms with E-state index in [9.17, 15) is 18.0 Å². The number of halogens is 3. The van der Waals surface area contributed by atoms with Crippen molar-refractivity contribution < 1.29 is 23.1 Å². The number of benzene rings is 1. The fourth-order valence-electron chi connectivity index (χ4n) is 2.01. The first-order chi connectivity index (χ1) is 8.88. The molecule has 0 radical (unpaired) electrons. The maximum Gasteiger partial charge on any atom is 0.416 e. The molecular weight excluding hydrogens is 259 g/mol. The van der Waals surface area contributed by atoms with Crippen molar-refractivity contribution in [3.05, 3.63) is 47.0 Å². The maximum atomic E-state index is 12.6. The zero-order valence-electron chi connectivity index (χ0n) is 9.87. The van der Waals surface area contributed by atoms with Crippen LogP contribution in [0.25, 0.3) is 0 Å². The van der Waals surface area contributed by atoms with E-state index < -0.39 is 23.8 Å². The van der Waals surface area contributed by atoms with Crippen LogP contribution in [0, 0.1) is 0 Å². The van der Waals surface area contributed by atoms with E-state index in [1.165, 1.54) is 12.1 Å². The molecule has 1 aromatic carbocycles. The lowest BCUT2D eigenvalue weighted by molar-refractivity contribution is -0.137. The second-order valence-corrected chi connectivity index (χ2v) is 4.30. The monoisotopic (exact) mass is 271 g/mol. The molecule has 0 saturated carbocycles. The van der Waals surface area contributed by atoms with Gasteiger partial charge in [0, 0.05) is 12.1 Å². The highest BCUT2D eigenvalue weighted by Gasteiger charge is 2.31. The Morgan fingerprint density at radius 2 is 2.11 bits per heavy atom. The van der Waals surface area contributed by atoms with Crippen LogP contribution in [0.4, 0.5) is 13.2 Å². The van der Waals surface area contributed by atoms with Crippen molar-refractivity contribution in [1.82, 2.24) is 5.32 Å². The predicted molar refractivity (Wildman–Crippen MR) is 62.5 cm³/mol. The average Bonchev–Trinajstić information content (AvgIpc) is 2.38. The zero-order chi connectivity index (χ0) is 14.0. The van der Waals surface area contributed by atoms with Gasteiger partial charge in [0.25, 0.3) is 0 Å². The van der Waals surface area contributed by atoms with Crippen molar-refractivity contribution in [2.24, 2.45) is 0 Å². The average molecular weight is 271 g/mol. The third-order valence-electron chi connectivity index (χ3n) is 2.97. The standard InChI is InChI=1S/C13H12F3NO2/c14-13(15,16)10-3-1-2-8(6-10)11-7-9(12(18)19)4-5-17-11/h1-3,6-7,11,17H,4-5H2,(H,18,19). The molecule has 102 valence electrons. The van der Waals surface area contributed by atoms with E-state index in [1.807, 2.05) is 0 Å². The Morgan fingerprint density at radius 3 is 2.74 bits per heavy atom. The summed E-state index contributed by atoms with van der Waals surface area (Å²) in [5.41, 5.74) is -0.0999. The largest absolute Gasteiger partial charge is 0.478 e. The Kier molecular flexibility index (Phi) is 3.61. The third-order valence-corrected chi connectivity index (χ3v) is 2.97. The number of nitrogens with one attached hydrogen (secondary N) is 1. The minimum absolute atomic E-state index is 0.223. The topological polar surface area (TPSA) is 49.3 Å². The molecule has 0 spiro atoms. The summed E-state index contributed by atoms with van der Waals surface area (Å²) >= 11 is 0. The smallest absolute Gasteiger partial charge is 0.416 e. The zero-order valence-corrected chi connectivity index (χ0v) is 9.87. The molecule has 0 fully saturated rings. The van der Waals surface area contributed by atoms with Crippen LogP contribution in [-0.2, 0) is 11.0 Å². The van der Waals surface area contributed by atoms with Crippen molar-refractivity contribution in [2.45, 2.75) is 18.6 Å². The molecule has 1 aliphatic rings. The minimum atomic E-state index is -4.40. The second-order valence-electron chi connectivity index (χ2n) is 4.30. The van der Waals surface area contributed by atoms with Crippen LogP contribution >= 0.6 is 0 Å². The SMILES string of the molecule is O=C(O)C1=CC(c2cccc(C(F)(F)F)c2)NCC1. The quantitative estimate of drug-likeness (QED) is 0.869. The van der Waals surface area contributed by atoms with Gasteiger partial charge in [-0.1, -0.05) is 18.2 Å². The summed E-state index contributed by atoms with van der Waals surface area (Å²) in [4.78, 5) is 10.9. The highest BCUT2D eigenvalue weighted by Crippen LogP contribution is 2.31. The molecule has 1 unspecified atom stereocenters. The molecule has 1 aliphatic heterocycles. The fourth-order valence-corrected chi connectivity index (χ4v) is 2.01. The Hall–Kier alpha value is -1.82. The number of carboxylic acid groups (broad SMARTS) is 1. The van der Waals surface area contributed by atoms with E-state index in [4.69, 9.17) is 5.11 Å². The second kappa shape index (κ2) is 5.05. The van der Waals surface area contributed by atoms with Crippen LogP contribution in [0.3, 0.4) is 0 Å². The van der Waals surface area contributed by atoms with E-state index in [0.717, 1.165) is 12.1 Å². The van der Waals surface area contributed by atoms with Crippen molar-refractivity contribution in [3.63, 3.8) is 0 Å². The van der Waals surface area contributed by atoms with Crippen molar-refractivity contribution in [2.75, 3.05) is 6.54 Å². The summed E-state index contributed by atoms with van der Waals surface area (Å²) in [5, 5.41) is 11.9. The van der Waals surface area contributed by atoms with Gasteiger partial charge < -0.3 is 10.4 Å². The molecule has 2 N–H and O–H groups in total. The molecule has 0 saturated heterocycles. The predicted octanol–water partition coefficient (Wildman–Crippen LogP) is 2.75. The lowest BCUT2D eigenvalue weighted by Crippen LogP contribution is -2.27. The molecule has 1 atom stereocenters. The molecule has 1 aromatic rings. The first-order valence-electron chi connectivity index (χ1n) is 5.72. The number of alkyl halides is 3. The Bertz CT molecular complexity index is 523. The number of rotatable bonds is 2. The number of carbonyl (C=O) groups is 1. The summed E-state index contributed by atoms with van der Waals surface area (Å²) in [6, 6.07) is 4.41. The summed E-state index contributed by atoms with van der Waals surface area (Å²) in [6.45, 7) is 0.430. The van der Waals surface area contributed by atoms with Gasteiger partial charge in [-0.25, -0.2) is 4.79 Å². The number of hydrogen-bond donors (Lipinski definition) is 2. The molecule has 0 amide bonds. The van der Waals surface area contributed by atoms with Gasteiger partial charge in [0.05, 0.1) is 11.6 Å². The van der Waals surface area contributed by atoms with E-state index in [2.05, 4.69) is 5.32 Å². The molecule has 3 nitrogen and oxygen atoms in total. The van der Waals surface area contributed by atoms with Crippen LogP contribution < -0.4 is 5.32 Å². The van der Waals surface area contributed by atoms with Crippen LogP contribution in [0.15, 0.2) is 35.9 Å². The van der Waals surface area contributed by atoms with Crippen LogP contribution in [0.5, 0.6) is 0 Å². The summed E-state index contributed by atoms with van der Waals surface area (Å²) in [6.07, 6.45) is -2.57. The van der Waals surface area contributed by atoms with E-state index in [0.29, 0.717) is 18.5 Å². The van der Waals surface area contributed by atoms with Gasteiger partial charge in [0.2, 0.25) is 0 Å². The lowest BCUT2D eigenvalue weighted by Gasteiger charge is -2.22. The van der Waals surface area contributed by atoms with E-state index in [1.54, 1.807) is 6.07 Å². The normalized spacial score (nSPS) is 19.9. The van der Waals surface area contributed by atoms with Gasteiger partial charge in [-0.15, -0.1) is 0 Å². The fraction of sp³-hybridized carbons (Fsp3) is 0.308. The molecule has 1 heterocycles. The molecular formula is C13H12F3NO2. The molecule has 0 aliphatic carbocycles. The molecule has 0 aromatic heterocycles. The highest BCUT2D eigenvalue weighted by atomic mass is 19.4. The van der Waals surface area contributed by atoms with Crippen LogP contribution in [-0.4, -0.2) is 17.6 Å². The minimum Gasteiger partial charge on any atom is -0.478 e. The lowest BCUT2D eigenvalue weighted by atomic mass is 9.97. The van der Waals surface area contributed by atoms with E-state index >= 15 is 0 Å². The van der Waals surface area contributed by atoms with E-state index in [-0.39, 0.29) is 5.57 Å². The summed E-state index contributed by atoms with van der Waals surface area (Å²) in [7, 11) is 0. The van der Waals surface area contributed by atoms with Crippen molar-refractivity contribution >= 4 is 5.97 Å². The van der Waals surface area contributed by atoms with Crippen molar-refractivity contribution in [3.8, 4) is 0 Å². The Balaban J connectivity index is 2.32. The molecule has 0 bridgehead atoms. The van der Waals surface area contributed by atoms with Gasteiger partial charge in [0.1, 0.15) is 0 Å². The first kappa shape index (κ1) is 13.6. The Morgan fingerprint density at radius 1 is 1.37 bits per heavy atom. The summed E-state index contributed by atoms with van der Waals surface area (Å²) < 4.78 is 37.8. The Labute approximate surface area is 107 Å². The number of aliphatic carboxylic acids is 1. The first-order valence-corrected chi connectivity index (χ1v) is 5.72. The van der Waals surface area contributed by atoms with Crippen LogP contribution in [0.2, 0.25) is 0 Å². The van der Waals surface area contributed by atoms with Crippen molar-refractivity contribution in [1.29, 1.82) is 0 Å². The third kappa shape index (κ3) is 3.14. The molecule has 6 heteroatoms. The highest BCUT2D eigenvalue weighted by molar-refractivity contribution is 5.86. The summed E-state index contributed by atoms with van der Waals surface area (Å²) in [5.74, 6) is -1.03. The molecule has 19 heavy (non-hydrogen) atoms. The maximum absolute atomic E-state index is 12.6. The number of carboxylic acids is 1.